The van der Waals surface area contributed by atoms with Crippen molar-refractivity contribution in [3.8, 4) is 0 Å². The Hall–Kier alpha value is -0.430. The number of rotatable bonds is 3. The van der Waals surface area contributed by atoms with Gasteiger partial charge in [0.15, 0.2) is 0 Å². The maximum absolute atomic E-state index is 12.3. The van der Waals surface area contributed by atoms with Crippen LogP contribution >= 0.6 is 15.9 Å². The van der Waals surface area contributed by atoms with Gasteiger partial charge < -0.3 is 5.11 Å². The van der Waals surface area contributed by atoms with Crippen molar-refractivity contribution in [1.82, 2.24) is 4.31 Å². The van der Waals surface area contributed by atoms with E-state index in [9.17, 15) is 13.5 Å². The molecule has 6 heteroatoms. The standard InChI is InChI=1S/C12H16BrNO3S/c1-12(2,8-15)7-14-6-9-5-10(13)3-4-11(9)18(14,16)17/h3-5,15H,6-8H2,1-2H3. The van der Waals surface area contributed by atoms with Crippen molar-refractivity contribution in [3.05, 3.63) is 28.2 Å². The Morgan fingerprint density at radius 3 is 2.72 bits per heavy atom. The van der Waals surface area contributed by atoms with Gasteiger partial charge in [0, 0.05) is 29.6 Å². The normalized spacial score (nSPS) is 18.9. The maximum atomic E-state index is 12.3. The van der Waals surface area contributed by atoms with E-state index in [1.165, 1.54) is 4.31 Å². The van der Waals surface area contributed by atoms with Crippen LogP contribution in [0, 0.1) is 5.41 Å². The third kappa shape index (κ3) is 2.47. The first kappa shape index (κ1) is 14.0. The van der Waals surface area contributed by atoms with E-state index in [0.717, 1.165) is 10.0 Å². The van der Waals surface area contributed by atoms with Gasteiger partial charge >= 0.3 is 0 Å². The summed E-state index contributed by atoms with van der Waals surface area (Å²) in [4.78, 5) is 0.374. The summed E-state index contributed by atoms with van der Waals surface area (Å²) in [7, 11) is -3.41. The van der Waals surface area contributed by atoms with Crippen LogP contribution in [0.3, 0.4) is 0 Å². The Morgan fingerprint density at radius 2 is 2.11 bits per heavy atom. The average molecular weight is 334 g/mol. The van der Waals surface area contributed by atoms with Gasteiger partial charge in [0.25, 0.3) is 0 Å². The summed E-state index contributed by atoms with van der Waals surface area (Å²) in [6.45, 7) is 4.35. The van der Waals surface area contributed by atoms with Crippen molar-refractivity contribution >= 4 is 26.0 Å². The minimum Gasteiger partial charge on any atom is -0.396 e. The number of halogens is 1. The molecular formula is C12H16BrNO3S. The van der Waals surface area contributed by atoms with E-state index in [1.54, 1.807) is 12.1 Å². The third-order valence-corrected chi connectivity index (χ3v) is 5.40. The summed E-state index contributed by atoms with van der Waals surface area (Å²) in [5.74, 6) is 0. The van der Waals surface area contributed by atoms with Crippen LogP contribution in [0.2, 0.25) is 0 Å². The van der Waals surface area contributed by atoms with Crippen molar-refractivity contribution in [2.24, 2.45) is 5.41 Å². The van der Waals surface area contributed by atoms with Gasteiger partial charge in [-0.2, -0.15) is 4.31 Å². The fourth-order valence-electron chi connectivity index (χ4n) is 2.01. The van der Waals surface area contributed by atoms with Gasteiger partial charge in [-0.1, -0.05) is 29.8 Å². The lowest BCUT2D eigenvalue weighted by atomic mass is 9.95. The highest BCUT2D eigenvalue weighted by atomic mass is 79.9. The molecule has 0 aliphatic carbocycles. The molecular weight excluding hydrogens is 318 g/mol. The zero-order valence-corrected chi connectivity index (χ0v) is 12.8. The van der Waals surface area contributed by atoms with Crippen molar-refractivity contribution in [2.75, 3.05) is 13.2 Å². The minimum atomic E-state index is -3.41. The molecule has 0 saturated carbocycles. The van der Waals surface area contributed by atoms with Crippen LogP contribution in [0.1, 0.15) is 19.4 Å². The van der Waals surface area contributed by atoms with Gasteiger partial charge in [0.2, 0.25) is 10.0 Å². The van der Waals surface area contributed by atoms with E-state index in [-0.39, 0.29) is 6.61 Å². The smallest absolute Gasteiger partial charge is 0.243 e. The quantitative estimate of drug-likeness (QED) is 0.920. The molecule has 1 aliphatic heterocycles. The van der Waals surface area contributed by atoms with Crippen LogP contribution < -0.4 is 0 Å². The molecule has 0 amide bonds. The van der Waals surface area contributed by atoms with Crippen molar-refractivity contribution in [2.45, 2.75) is 25.3 Å². The molecule has 4 nitrogen and oxygen atoms in total. The maximum Gasteiger partial charge on any atom is 0.243 e. The zero-order valence-electron chi connectivity index (χ0n) is 10.4. The topological polar surface area (TPSA) is 57.6 Å². The summed E-state index contributed by atoms with van der Waals surface area (Å²) in [5.41, 5.74) is 0.366. The first-order valence-electron chi connectivity index (χ1n) is 5.66. The molecule has 0 bridgehead atoms. The molecule has 18 heavy (non-hydrogen) atoms. The Balaban J connectivity index is 2.35. The molecule has 0 radical (unpaired) electrons. The highest BCUT2D eigenvalue weighted by molar-refractivity contribution is 9.10. The number of benzene rings is 1. The van der Waals surface area contributed by atoms with E-state index in [4.69, 9.17) is 0 Å². The monoisotopic (exact) mass is 333 g/mol. The first-order chi connectivity index (χ1) is 8.26. The van der Waals surface area contributed by atoms with Gasteiger partial charge in [0.1, 0.15) is 0 Å². The van der Waals surface area contributed by atoms with Crippen LogP contribution in [0.5, 0.6) is 0 Å². The predicted octanol–water partition coefficient (Wildman–Crippen LogP) is 1.97. The minimum absolute atomic E-state index is 0.0426. The summed E-state index contributed by atoms with van der Waals surface area (Å²) in [6.07, 6.45) is 0. The first-order valence-corrected chi connectivity index (χ1v) is 7.89. The lowest BCUT2D eigenvalue weighted by Gasteiger charge is -2.27. The van der Waals surface area contributed by atoms with Gasteiger partial charge in [-0.3, -0.25) is 0 Å². The second-order valence-corrected chi connectivity index (χ2v) is 8.17. The molecule has 1 aliphatic rings. The van der Waals surface area contributed by atoms with Crippen LogP contribution in [0.25, 0.3) is 0 Å². The predicted molar refractivity (Wildman–Crippen MR) is 72.6 cm³/mol. The van der Waals surface area contributed by atoms with E-state index < -0.39 is 15.4 Å². The number of hydrogen-bond acceptors (Lipinski definition) is 3. The van der Waals surface area contributed by atoms with E-state index in [1.807, 2.05) is 19.9 Å². The van der Waals surface area contributed by atoms with Gasteiger partial charge in [-0.25, -0.2) is 8.42 Å². The summed E-state index contributed by atoms with van der Waals surface area (Å²) in [6, 6.07) is 5.19. The lowest BCUT2D eigenvalue weighted by Crippen LogP contribution is -2.36. The largest absolute Gasteiger partial charge is 0.396 e. The fourth-order valence-corrected chi connectivity index (χ4v) is 4.22. The highest BCUT2D eigenvalue weighted by Crippen LogP contribution is 2.34. The van der Waals surface area contributed by atoms with E-state index >= 15 is 0 Å². The van der Waals surface area contributed by atoms with Crippen molar-refractivity contribution < 1.29 is 13.5 Å². The average Bonchev–Trinajstić information content (AvgIpc) is 2.49. The molecule has 1 aromatic carbocycles. The summed E-state index contributed by atoms with van der Waals surface area (Å²) >= 11 is 3.34. The highest BCUT2D eigenvalue weighted by Gasteiger charge is 2.37. The van der Waals surface area contributed by atoms with E-state index in [2.05, 4.69) is 15.9 Å². The molecule has 1 N–H and O–H groups in total. The van der Waals surface area contributed by atoms with Crippen molar-refractivity contribution in [3.63, 3.8) is 0 Å². The van der Waals surface area contributed by atoms with Gasteiger partial charge in [-0.05, 0) is 23.8 Å². The lowest BCUT2D eigenvalue weighted by molar-refractivity contribution is 0.134. The van der Waals surface area contributed by atoms with Gasteiger partial charge in [-0.15, -0.1) is 0 Å². The van der Waals surface area contributed by atoms with Gasteiger partial charge in [0.05, 0.1) is 4.90 Å². The Morgan fingerprint density at radius 1 is 1.44 bits per heavy atom. The van der Waals surface area contributed by atoms with Crippen molar-refractivity contribution in [1.29, 1.82) is 0 Å². The van der Waals surface area contributed by atoms with Crippen LogP contribution in [-0.2, 0) is 16.6 Å². The number of fused-ring (bicyclic) bond motifs is 1. The Kier molecular flexibility index (Phi) is 3.57. The summed E-state index contributed by atoms with van der Waals surface area (Å²) in [5, 5.41) is 9.26. The molecule has 0 unspecified atom stereocenters. The summed E-state index contributed by atoms with van der Waals surface area (Å²) < 4.78 is 26.9. The molecule has 0 aromatic heterocycles. The number of hydrogen-bond donors (Lipinski definition) is 1. The number of aliphatic hydroxyl groups is 1. The number of nitrogens with zero attached hydrogens (tertiary/aromatic N) is 1. The molecule has 2 rings (SSSR count). The van der Waals surface area contributed by atoms with Crippen LogP contribution in [0.15, 0.2) is 27.6 Å². The van der Waals surface area contributed by atoms with E-state index in [0.29, 0.717) is 18.0 Å². The molecule has 1 aromatic rings. The number of sulfonamides is 1. The molecule has 0 fully saturated rings. The molecule has 0 spiro atoms. The number of aliphatic hydroxyl groups excluding tert-OH is 1. The second-order valence-electron chi connectivity index (χ2n) is 5.35. The van der Waals surface area contributed by atoms with Crippen LogP contribution in [-0.4, -0.2) is 31.0 Å². The molecule has 1 heterocycles. The Bertz CT molecular complexity index is 569. The molecule has 0 atom stereocenters. The second kappa shape index (κ2) is 4.59. The molecule has 0 saturated heterocycles. The Labute approximate surface area is 116 Å². The fraction of sp³-hybridized carbons (Fsp3) is 0.500. The molecule has 100 valence electrons. The SMILES string of the molecule is CC(C)(CO)CN1Cc2cc(Br)ccc2S1(=O)=O. The zero-order chi connectivity index (χ0) is 13.6. The van der Waals surface area contributed by atoms with Crippen LogP contribution in [0.4, 0.5) is 0 Å². The third-order valence-electron chi connectivity index (χ3n) is 3.02.